The van der Waals surface area contributed by atoms with Gasteiger partial charge in [0.15, 0.2) is 0 Å². The monoisotopic (exact) mass is 257 g/mol. The summed E-state index contributed by atoms with van der Waals surface area (Å²) in [5, 5.41) is 0. The van der Waals surface area contributed by atoms with Gasteiger partial charge in [-0.2, -0.15) is 0 Å². The molecule has 0 aliphatic carbocycles. The second-order valence-corrected chi connectivity index (χ2v) is 3.78. The first kappa shape index (κ1) is 11.2. The van der Waals surface area contributed by atoms with Crippen molar-refractivity contribution < 1.29 is 9.53 Å². The van der Waals surface area contributed by atoms with Gasteiger partial charge in [0.25, 0.3) is 0 Å². The van der Waals surface area contributed by atoms with E-state index in [1.807, 2.05) is 24.3 Å². The van der Waals surface area contributed by atoms with E-state index >= 15 is 0 Å². The molecule has 1 aromatic rings. The van der Waals surface area contributed by atoms with Gasteiger partial charge in [0.05, 0.1) is 7.11 Å². The third-order valence-corrected chi connectivity index (χ3v) is 2.68. The Kier molecular flexibility index (Phi) is 4.10. The standard InChI is InChI=1S/C10H12BrNO2/c1-14-10(13)9(12)6-7-4-2-3-5-8(7)11/h2-5,9H,6,12H2,1H3/t9-/m1/s1. The Bertz CT molecular complexity index is 328. The average Bonchev–Trinajstić information content (AvgIpc) is 2.20. The molecule has 0 amide bonds. The lowest BCUT2D eigenvalue weighted by atomic mass is 10.1. The zero-order valence-corrected chi connectivity index (χ0v) is 9.45. The first-order valence-corrected chi connectivity index (χ1v) is 5.01. The summed E-state index contributed by atoms with van der Waals surface area (Å²) in [5.74, 6) is -0.388. The molecular formula is C10H12BrNO2. The van der Waals surface area contributed by atoms with E-state index in [0.717, 1.165) is 10.0 Å². The van der Waals surface area contributed by atoms with Gasteiger partial charge in [-0.3, -0.25) is 4.79 Å². The highest BCUT2D eigenvalue weighted by molar-refractivity contribution is 9.10. The predicted octanol–water partition coefficient (Wildman–Crippen LogP) is 1.49. The van der Waals surface area contributed by atoms with Crippen molar-refractivity contribution in [2.75, 3.05) is 7.11 Å². The zero-order chi connectivity index (χ0) is 10.6. The van der Waals surface area contributed by atoms with E-state index in [4.69, 9.17) is 5.73 Å². The summed E-state index contributed by atoms with van der Waals surface area (Å²) in [4.78, 5) is 11.1. The van der Waals surface area contributed by atoms with Crippen LogP contribution >= 0.6 is 15.9 Å². The minimum absolute atomic E-state index is 0.388. The van der Waals surface area contributed by atoms with E-state index in [2.05, 4.69) is 20.7 Å². The molecule has 2 N–H and O–H groups in total. The fourth-order valence-electron chi connectivity index (χ4n) is 1.14. The van der Waals surface area contributed by atoms with Crippen LogP contribution < -0.4 is 5.73 Å². The quantitative estimate of drug-likeness (QED) is 0.836. The van der Waals surface area contributed by atoms with Crippen LogP contribution in [0, 0.1) is 0 Å². The van der Waals surface area contributed by atoms with Crippen LogP contribution in [-0.4, -0.2) is 19.1 Å². The van der Waals surface area contributed by atoms with E-state index in [9.17, 15) is 4.79 Å². The van der Waals surface area contributed by atoms with Gasteiger partial charge in [0.2, 0.25) is 0 Å². The second-order valence-electron chi connectivity index (χ2n) is 2.93. The van der Waals surface area contributed by atoms with E-state index in [1.165, 1.54) is 7.11 Å². The third-order valence-electron chi connectivity index (χ3n) is 1.90. The summed E-state index contributed by atoms with van der Waals surface area (Å²) in [6.07, 6.45) is 0.480. The Hall–Kier alpha value is -0.870. The molecule has 0 unspecified atom stereocenters. The van der Waals surface area contributed by atoms with Gasteiger partial charge in [-0.05, 0) is 18.1 Å². The fraction of sp³-hybridized carbons (Fsp3) is 0.300. The summed E-state index contributed by atoms with van der Waals surface area (Å²) in [6, 6.07) is 7.06. The Balaban J connectivity index is 2.69. The van der Waals surface area contributed by atoms with Crippen molar-refractivity contribution >= 4 is 21.9 Å². The van der Waals surface area contributed by atoms with Gasteiger partial charge < -0.3 is 10.5 Å². The maximum absolute atomic E-state index is 11.1. The molecule has 0 spiro atoms. The van der Waals surface area contributed by atoms with Crippen molar-refractivity contribution in [1.82, 2.24) is 0 Å². The molecule has 0 saturated heterocycles. The van der Waals surface area contributed by atoms with Gasteiger partial charge in [0.1, 0.15) is 6.04 Å². The molecule has 0 radical (unpaired) electrons. The lowest BCUT2D eigenvalue weighted by Crippen LogP contribution is -2.33. The minimum Gasteiger partial charge on any atom is -0.468 e. The van der Waals surface area contributed by atoms with Crippen molar-refractivity contribution in [3.05, 3.63) is 34.3 Å². The summed E-state index contributed by atoms with van der Waals surface area (Å²) in [7, 11) is 1.34. The van der Waals surface area contributed by atoms with Gasteiger partial charge in [-0.1, -0.05) is 34.1 Å². The molecule has 0 heterocycles. The largest absolute Gasteiger partial charge is 0.468 e. The number of halogens is 1. The molecule has 1 rings (SSSR count). The molecular weight excluding hydrogens is 246 g/mol. The van der Waals surface area contributed by atoms with Crippen molar-refractivity contribution in [3.63, 3.8) is 0 Å². The predicted molar refractivity (Wildman–Crippen MR) is 57.8 cm³/mol. The zero-order valence-electron chi connectivity index (χ0n) is 7.87. The first-order chi connectivity index (χ1) is 6.65. The van der Waals surface area contributed by atoms with Crippen LogP contribution in [0.4, 0.5) is 0 Å². The summed E-state index contributed by atoms with van der Waals surface area (Å²) in [5.41, 5.74) is 6.64. The number of esters is 1. The molecule has 0 saturated carbocycles. The van der Waals surface area contributed by atoms with E-state index in [-0.39, 0.29) is 5.97 Å². The highest BCUT2D eigenvalue weighted by Crippen LogP contribution is 2.17. The maximum Gasteiger partial charge on any atom is 0.322 e. The number of carbonyl (C=O) groups is 1. The normalized spacial score (nSPS) is 12.2. The van der Waals surface area contributed by atoms with Crippen LogP contribution in [0.25, 0.3) is 0 Å². The lowest BCUT2D eigenvalue weighted by molar-refractivity contribution is -0.142. The van der Waals surface area contributed by atoms with Gasteiger partial charge >= 0.3 is 5.97 Å². The third kappa shape index (κ3) is 2.82. The van der Waals surface area contributed by atoms with Gasteiger partial charge in [-0.25, -0.2) is 0 Å². The van der Waals surface area contributed by atoms with Crippen molar-refractivity contribution in [2.45, 2.75) is 12.5 Å². The number of hydrogen-bond acceptors (Lipinski definition) is 3. The highest BCUT2D eigenvalue weighted by atomic mass is 79.9. The van der Waals surface area contributed by atoms with Crippen LogP contribution in [0.2, 0.25) is 0 Å². The SMILES string of the molecule is COC(=O)[C@H](N)Cc1ccccc1Br. The molecule has 0 bridgehead atoms. The topological polar surface area (TPSA) is 52.3 Å². The maximum atomic E-state index is 11.1. The van der Waals surface area contributed by atoms with Crippen molar-refractivity contribution in [3.8, 4) is 0 Å². The minimum atomic E-state index is -0.598. The van der Waals surface area contributed by atoms with Crippen molar-refractivity contribution in [1.29, 1.82) is 0 Å². The lowest BCUT2D eigenvalue weighted by Gasteiger charge is -2.10. The van der Waals surface area contributed by atoms with Gasteiger partial charge in [0, 0.05) is 4.47 Å². The van der Waals surface area contributed by atoms with E-state index < -0.39 is 6.04 Å². The number of hydrogen-bond donors (Lipinski definition) is 1. The molecule has 1 aromatic carbocycles. The fourth-order valence-corrected chi connectivity index (χ4v) is 1.58. The number of methoxy groups -OCH3 is 1. The molecule has 14 heavy (non-hydrogen) atoms. The second kappa shape index (κ2) is 5.12. The summed E-state index contributed by atoms with van der Waals surface area (Å²) < 4.78 is 5.50. The molecule has 0 aliphatic heterocycles. The van der Waals surface area contributed by atoms with E-state index in [1.54, 1.807) is 0 Å². The number of nitrogens with two attached hydrogens (primary N) is 1. The Morgan fingerprint density at radius 3 is 2.79 bits per heavy atom. The number of ether oxygens (including phenoxy) is 1. The molecule has 3 nitrogen and oxygen atoms in total. The molecule has 0 aliphatic rings. The Morgan fingerprint density at radius 1 is 1.57 bits per heavy atom. The van der Waals surface area contributed by atoms with Crippen LogP contribution in [0.3, 0.4) is 0 Å². The van der Waals surface area contributed by atoms with Crippen molar-refractivity contribution in [2.24, 2.45) is 5.73 Å². The Morgan fingerprint density at radius 2 is 2.21 bits per heavy atom. The molecule has 1 atom stereocenters. The summed E-state index contributed by atoms with van der Waals surface area (Å²) >= 11 is 3.39. The van der Waals surface area contributed by atoms with Crippen LogP contribution in [0.5, 0.6) is 0 Å². The van der Waals surface area contributed by atoms with E-state index in [0.29, 0.717) is 6.42 Å². The average molecular weight is 258 g/mol. The van der Waals surface area contributed by atoms with Crippen LogP contribution in [-0.2, 0) is 16.0 Å². The Labute approximate surface area is 91.4 Å². The first-order valence-electron chi connectivity index (χ1n) is 4.22. The van der Waals surface area contributed by atoms with Crippen LogP contribution in [0.1, 0.15) is 5.56 Å². The number of benzene rings is 1. The van der Waals surface area contributed by atoms with Crippen LogP contribution in [0.15, 0.2) is 28.7 Å². The number of carbonyl (C=O) groups excluding carboxylic acids is 1. The van der Waals surface area contributed by atoms with Gasteiger partial charge in [-0.15, -0.1) is 0 Å². The highest BCUT2D eigenvalue weighted by Gasteiger charge is 2.15. The number of rotatable bonds is 3. The molecule has 0 aromatic heterocycles. The molecule has 76 valence electrons. The molecule has 4 heteroatoms. The smallest absolute Gasteiger partial charge is 0.322 e. The molecule has 0 fully saturated rings. The summed E-state index contributed by atoms with van der Waals surface area (Å²) in [6.45, 7) is 0.